The normalized spacial score (nSPS) is 11.1. The van der Waals surface area contributed by atoms with E-state index in [0.717, 1.165) is 4.47 Å². The van der Waals surface area contributed by atoms with Gasteiger partial charge in [0.25, 0.3) is 0 Å². The van der Waals surface area contributed by atoms with Gasteiger partial charge in [0.1, 0.15) is 0 Å². The molecule has 3 aromatic rings. The first-order valence-electron chi connectivity index (χ1n) is 8.43. The van der Waals surface area contributed by atoms with Gasteiger partial charge in [0, 0.05) is 15.1 Å². The van der Waals surface area contributed by atoms with Crippen LogP contribution in [0.3, 0.4) is 0 Å². The highest BCUT2D eigenvalue weighted by atomic mass is 79.9. The Balaban J connectivity index is 1.92. The van der Waals surface area contributed by atoms with Crippen molar-refractivity contribution >= 4 is 155 Å². The molecule has 0 bridgehead atoms. The van der Waals surface area contributed by atoms with Crippen LogP contribution >= 0.6 is 149 Å². The molecule has 33 heavy (non-hydrogen) atoms. The Morgan fingerprint density at radius 2 is 1.18 bits per heavy atom. The highest BCUT2D eigenvalue weighted by Crippen LogP contribution is 2.50. The van der Waals surface area contributed by atoms with Crippen LogP contribution in [0.5, 0.6) is 5.75 Å². The SMILES string of the molecule is O=C(Oc1c(Br)c(Br)c(Br)c(Br)c1Br)c1ccccc1CSc1c(Cl)c(Cl)c(Cl)c(Cl)c1Cl. The van der Waals surface area contributed by atoms with Crippen LogP contribution in [-0.4, -0.2) is 5.97 Å². The Kier molecular flexibility index (Phi) is 10.7. The van der Waals surface area contributed by atoms with Gasteiger partial charge in [-0.15, -0.1) is 11.8 Å². The molecule has 2 nitrogen and oxygen atoms in total. The number of halogens is 10. The predicted octanol–water partition coefficient (Wildman–Crippen LogP) is 12.3. The maximum Gasteiger partial charge on any atom is 0.343 e. The molecule has 0 radical (unpaired) electrons. The molecule has 0 heterocycles. The number of ether oxygens (including phenoxy) is 1. The molecule has 0 unspecified atom stereocenters. The quantitative estimate of drug-likeness (QED) is 0.0839. The molecule has 0 N–H and O–H groups in total. The van der Waals surface area contributed by atoms with Gasteiger partial charge in [-0.3, -0.25) is 0 Å². The zero-order valence-electron chi connectivity index (χ0n) is 15.5. The van der Waals surface area contributed by atoms with Gasteiger partial charge in [-0.2, -0.15) is 0 Å². The molecule has 0 aliphatic rings. The first kappa shape index (κ1) is 28.9. The average molecular weight is 887 g/mol. The molecular weight excluding hydrogens is 881 g/mol. The summed E-state index contributed by atoms with van der Waals surface area (Å²) in [6, 6.07) is 7.05. The molecule has 0 fully saturated rings. The molecule has 0 saturated heterocycles. The number of carbonyl (C=O) groups excluding carboxylic acids is 1. The van der Waals surface area contributed by atoms with E-state index in [-0.39, 0.29) is 25.1 Å². The number of carbonyl (C=O) groups is 1. The second kappa shape index (κ2) is 12.2. The lowest BCUT2D eigenvalue weighted by atomic mass is 10.1. The summed E-state index contributed by atoms with van der Waals surface area (Å²) >= 11 is 49.6. The zero-order valence-corrected chi connectivity index (χ0v) is 28.0. The van der Waals surface area contributed by atoms with Crippen LogP contribution in [0, 0.1) is 0 Å². The van der Waals surface area contributed by atoms with Crippen LogP contribution in [0.4, 0.5) is 0 Å². The van der Waals surface area contributed by atoms with Crippen molar-refractivity contribution in [2.45, 2.75) is 10.6 Å². The van der Waals surface area contributed by atoms with Gasteiger partial charge in [-0.1, -0.05) is 76.2 Å². The van der Waals surface area contributed by atoms with Gasteiger partial charge >= 0.3 is 5.97 Å². The fourth-order valence-corrected chi connectivity index (χ4v) is 8.29. The summed E-state index contributed by atoms with van der Waals surface area (Å²) in [5, 5.41) is 0.703. The molecule has 0 aromatic heterocycles. The first-order chi connectivity index (χ1) is 15.5. The molecule has 13 heteroatoms. The molecule has 3 rings (SSSR count). The van der Waals surface area contributed by atoms with E-state index < -0.39 is 5.97 Å². The highest BCUT2D eigenvalue weighted by Gasteiger charge is 2.24. The smallest absolute Gasteiger partial charge is 0.343 e. The standard InChI is InChI=1S/C20H6Br5Cl5O2S/c21-8-9(22)11(24)18(12(25)10(8)23)32-20(31)7-4-2-1-3-6(7)5-33-19-16(29)14(27)13(26)15(28)17(19)30/h1-4H,5H2. The fraction of sp³-hybridized carbons (Fsp3) is 0.0500. The largest absolute Gasteiger partial charge is 0.420 e. The van der Waals surface area contributed by atoms with E-state index >= 15 is 0 Å². The van der Waals surface area contributed by atoms with Crippen molar-refractivity contribution in [2.24, 2.45) is 0 Å². The lowest BCUT2D eigenvalue weighted by Crippen LogP contribution is -2.12. The van der Waals surface area contributed by atoms with Crippen LogP contribution in [0.1, 0.15) is 15.9 Å². The minimum atomic E-state index is -0.543. The van der Waals surface area contributed by atoms with E-state index in [0.29, 0.717) is 45.4 Å². The zero-order chi connectivity index (χ0) is 24.6. The summed E-state index contributed by atoms with van der Waals surface area (Å²) < 4.78 is 8.99. The number of thioether (sulfide) groups is 1. The molecule has 0 aliphatic heterocycles. The molecule has 3 aromatic carbocycles. The van der Waals surface area contributed by atoms with E-state index in [1.54, 1.807) is 12.1 Å². The monoisotopic (exact) mass is 879 g/mol. The first-order valence-corrected chi connectivity index (χ1v) is 15.3. The highest BCUT2D eigenvalue weighted by molar-refractivity contribution is 9.15. The summed E-state index contributed by atoms with van der Waals surface area (Å²) in [5.74, 6) is 0.111. The second-order valence-corrected chi connectivity index (χ2v) is 13.0. The van der Waals surface area contributed by atoms with Crippen LogP contribution in [0.15, 0.2) is 51.5 Å². The molecule has 0 atom stereocenters. The van der Waals surface area contributed by atoms with Crippen molar-refractivity contribution in [3.63, 3.8) is 0 Å². The Morgan fingerprint density at radius 1 is 0.727 bits per heavy atom. The van der Waals surface area contributed by atoms with Crippen molar-refractivity contribution in [3.8, 4) is 5.75 Å². The van der Waals surface area contributed by atoms with Crippen LogP contribution in [0.2, 0.25) is 25.1 Å². The summed E-state index contributed by atoms with van der Waals surface area (Å²) in [6.07, 6.45) is 0. The maximum atomic E-state index is 13.1. The predicted molar refractivity (Wildman–Crippen MR) is 157 cm³/mol. The number of hydrogen-bond acceptors (Lipinski definition) is 3. The van der Waals surface area contributed by atoms with Crippen LogP contribution in [-0.2, 0) is 5.75 Å². The minimum Gasteiger partial charge on any atom is -0.420 e. The summed E-state index contributed by atoms with van der Waals surface area (Å²) in [5.41, 5.74) is 1.07. The van der Waals surface area contributed by atoms with Crippen molar-refractivity contribution < 1.29 is 9.53 Å². The molecule has 174 valence electrons. The van der Waals surface area contributed by atoms with Crippen LogP contribution in [0.25, 0.3) is 0 Å². The minimum absolute atomic E-state index is 0.0876. The Hall–Kier alpha value is 1.33. The average Bonchev–Trinajstić information content (AvgIpc) is 2.81. The molecule has 0 amide bonds. The molecule has 0 saturated carbocycles. The third-order valence-corrected chi connectivity index (χ3v) is 13.8. The van der Waals surface area contributed by atoms with Crippen molar-refractivity contribution in [1.29, 1.82) is 0 Å². The summed E-state index contributed by atoms with van der Waals surface area (Å²) in [4.78, 5) is 13.6. The topological polar surface area (TPSA) is 26.3 Å². The number of hydrogen-bond donors (Lipinski definition) is 0. The summed E-state index contributed by atoms with van der Waals surface area (Å²) in [7, 11) is 0. The Morgan fingerprint density at radius 3 is 1.73 bits per heavy atom. The van der Waals surface area contributed by atoms with E-state index in [2.05, 4.69) is 79.6 Å². The Labute approximate surface area is 261 Å². The number of rotatable bonds is 5. The third-order valence-electron chi connectivity index (χ3n) is 4.14. The molecule has 0 spiro atoms. The third kappa shape index (κ3) is 6.08. The van der Waals surface area contributed by atoms with E-state index in [1.165, 1.54) is 11.8 Å². The van der Waals surface area contributed by atoms with Crippen molar-refractivity contribution in [1.82, 2.24) is 0 Å². The molecule has 0 aliphatic carbocycles. The molecular formula is C20H6Br5Cl5O2S. The maximum absolute atomic E-state index is 13.1. The van der Waals surface area contributed by atoms with Gasteiger partial charge in [0.15, 0.2) is 5.75 Å². The van der Waals surface area contributed by atoms with E-state index in [4.69, 9.17) is 62.7 Å². The van der Waals surface area contributed by atoms with Crippen molar-refractivity contribution in [2.75, 3.05) is 0 Å². The van der Waals surface area contributed by atoms with Gasteiger partial charge in [0.05, 0.1) is 48.6 Å². The number of benzene rings is 3. The van der Waals surface area contributed by atoms with E-state index in [1.807, 2.05) is 12.1 Å². The van der Waals surface area contributed by atoms with Gasteiger partial charge < -0.3 is 4.74 Å². The van der Waals surface area contributed by atoms with E-state index in [9.17, 15) is 4.79 Å². The Bertz CT molecular complexity index is 1230. The lowest BCUT2D eigenvalue weighted by Gasteiger charge is -2.15. The van der Waals surface area contributed by atoms with Gasteiger partial charge in [0.2, 0.25) is 0 Å². The summed E-state index contributed by atoms with van der Waals surface area (Å²) in [6.45, 7) is 0. The fourth-order valence-electron chi connectivity index (χ4n) is 2.53. The second-order valence-electron chi connectivity index (χ2n) is 6.13. The van der Waals surface area contributed by atoms with Gasteiger partial charge in [-0.25, -0.2) is 4.79 Å². The lowest BCUT2D eigenvalue weighted by molar-refractivity contribution is 0.0731. The van der Waals surface area contributed by atoms with Crippen LogP contribution < -0.4 is 4.74 Å². The van der Waals surface area contributed by atoms with Gasteiger partial charge in [-0.05, 0) is 91.3 Å². The number of esters is 1. The van der Waals surface area contributed by atoms with Crippen molar-refractivity contribution in [3.05, 3.63) is 82.9 Å².